The number of amides is 1. The van der Waals surface area contributed by atoms with E-state index in [1.54, 1.807) is 18.4 Å². The molecular formula is C16H20N2O2S. The van der Waals surface area contributed by atoms with Gasteiger partial charge in [0.25, 0.3) is 5.91 Å². The van der Waals surface area contributed by atoms with E-state index in [9.17, 15) is 4.79 Å². The fourth-order valence-electron chi connectivity index (χ4n) is 2.25. The first kappa shape index (κ1) is 15.5. The van der Waals surface area contributed by atoms with Gasteiger partial charge in [-0.3, -0.25) is 4.79 Å². The number of benzene rings is 1. The van der Waals surface area contributed by atoms with Crippen molar-refractivity contribution in [2.24, 2.45) is 0 Å². The standard InChI is InChI=1S/C16H20N2O2S/c1-5-13-9-21-14(18-13)8-17-16(19)12-6-10(2)15(20-4)11(3)7-12/h6-7,9H,5,8H2,1-4H3,(H,17,19). The van der Waals surface area contributed by atoms with E-state index < -0.39 is 0 Å². The summed E-state index contributed by atoms with van der Waals surface area (Å²) in [7, 11) is 1.64. The first-order valence-electron chi connectivity index (χ1n) is 6.91. The number of nitrogens with one attached hydrogen (secondary N) is 1. The Morgan fingerprint density at radius 2 is 2.00 bits per heavy atom. The second-order valence-electron chi connectivity index (χ2n) is 4.91. The molecule has 1 aromatic heterocycles. The fraction of sp³-hybridized carbons (Fsp3) is 0.375. The Labute approximate surface area is 129 Å². The van der Waals surface area contributed by atoms with E-state index in [2.05, 4.69) is 17.2 Å². The molecule has 0 radical (unpaired) electrons. The molecule has 0 atom stereocenters. The lowest BCUT2D eigenvalue weighted by atomic mass is 10.1. The summed E-state index contributed by atoms with van der Waals surface area (Å²) >= 11 is 1.58. The maximum Gasteiger partial charge on any atom is 0.251 e. The van der Waals surface area contributed by atoms with Crippen LogP contribution in [0.2, 0.25) is 0 Å². The van der Waals surface area contributed by atoms with Gasteiger partial charge in [-0.15, -0.1) is 11.3 Å². The van der Waals surface area contributed by atoms with Gasteiger partial charge in [0.2, 0.25) is 0 Å². The third-order valence-electron chi connectivity index (χ3n) is 3.29. The van der Waals surface area contributed by atoms with E-state index in [0.717, 1.165) is 34.0 Å². The highest BCUT2D eigenvalue weighted by Gasteiger charge is 2.11. The molecule has 0 fully saturated rings. The Morgan fingerprint density at radius 3 is 2.52 bits per heavy atom. The highest BCUT2D eigenvalue weighted by atomic mass is 32.1. The molecule has 1 N–H and O–H groups in total. The third kappa shape index (κ3) is 3.61. The molecule has 1 amide bonds. The molecule has 5 heteroatoms. The average Bonchev–Trinajstić information content (AvgIpc) is 2.92. The van der Waals surface area contributed by atoms with E-state index in [4.69, 9.17) is 4.74 Å². The molecule has 4 nitrogen and oxygen atoms in total. The number of rotatable bonds is 5. The van der Waals surface area contributed by atoms with Gasteiger partial charge in [-0.1, -0.05) is 6.92 Å². The van der Waals surface area contributed by atoms with Crippen molar-refractivity contribution in [1.82, 2.24) is 10.3 Å². The predicted octanol–water partition coefficient (Wildman–Crippen LogP) is 3.26. The molecule has 0 spiro atoms. The van der Waals surface area contributed by atoms with Gasteiger partial charge in [0.05, 0.1) is 19.3 Å². The average molecular weight is 304 g/mol. The van der Waals surface area contributed by atoms with Crippen LogP contribution in [-0.2, 0) is 13.0 Å². The SMILES string of the molecule is CCc1csc(CNC(=O)c2cc(C)c(OC)c(C)c2)n1. The summed E-state index contributed by atoms with van der Waals surface area (Å²) in [6, 6.07) is 3.70. The van der Waals surface area contributed by atoms with Crippen LogP contribution in [0.5, 0.6) is 5.75 Å². The Bertz CT molecular complexity index is 626. The molecule has 0 unspecified atom stereocenters. The highest BCUT2D eigenvalue weighted by molar-refractivity contribution is 7.09. The first-order valence-corrected chi connectivity index (χ1v) is 7.79. The molecule has 0 aliphatic heterocycles. The minimum absolute atomic E-state index is 0.0860. The van der Waals surface area contributed by atoms with Crippen LogP contribution < -0.4 is 10.1 Å². The lowest BCUT2D eigenvalue weighted by Gasteiger charge is -2.11. The maximum absolute atomic E-state index is 12.2. The van der Waals surface area contributed by atoms with Crippen LogP contribution in [-0.4, -0.2) is 18.0 Å². The van der Waals surface area contributed by atoms with Gasteiger partial charge >= 0.3 is 0 Å². The number of methoxy groups -OCH3 is 1. The van der Waals surface area contributed by atoms with E-state index in [1.165, 1.54) is 0 Å². The number of hydrogen-bond donors (Lipinski definition) is 1. The molecular weight excluding hydrogens is 284 g/mol. The van der Waals surface area contributed by atoms with Crippen molar-refractivity contribution in [2.75, 3.05) is 7.11 Å². The van der Waals surface area contributed by atoms with E-state index >= 15 is 0 Å². The first-order chi connectivity index (χ1) is 10.0. The molecule has 0 saturated heterocycles. The highest BCUT2D eigenvalue weighted by Crippen LogP contribution is 2.24. The molecule has 0 aliphatic carbocycles. The van der Waals surface area contributed by atoms with Gasteiger partial charge in [0.1, 0.15) is 10.8 Å². The van der Waals surface area contributed by atoms with Crippen molar-refractivity contribution in [3.8, 4) is 5.75 Å². The number of aromatic nitrogens is 1. The van der Waals surface area contributed by atoms with Crippen molar-refractivity contribution in [3.05, 3.63) is 44.9 Å². The summed E-state index contributed by atoms with van der Waals surface area (Å²) in [5.41, 5.74) is 3.65. The monoisotopic (exact) mass is 304 g/mol. The zero-order valence-corrected chi connectivity index (χ0v) is 13.6. The number of ether oxygens (including phenoxy) is 1. The minimum Gasteiger partial charge on any atom is -0.496 e. The number of carbonyl (C=O) groups is 1. The summed E-state index contributed by atoms with van der Waals surface area (Å²) in [6.45, 7) is 6.42. The summed E-state index contributed by atoms with van der Waals surface area (Å²) < 4.78 is 5.31. The van der Waals surface area contributed by atoms with Crippen molar-refractivity contribution in [3.63, 3.8) is 0 Å². The molecule has 1 heterocycles. The van der Waals surface area contributed by atoms with Crippen LogP contribution in [0.3, 0.4) is 0 Å². The second kappa shape index (κ2) is 6.72. The zero-order valence-electron chi connectivity index (χ0n) is 12.8. The van der Waals surface area contributed by atoms with Gasteiger partial charge in [0, 0.05) is 10.9 Å². The van der Waals surface area contributed by atoms with Crippen molar-refractivity contribution < 1.29 is 9.53 Å². The lowest BCUT2D eigenvalue weighted by Crippen LogP contribution is -2.23. The van der Waals surface area contributed by atoms with E-state index in [-0.39, 0.29) is 5.91 Å². The van der Waals surface area contributed by atoms with Crippen molar-refractivity contribution >= 4 is 17.2 Å². The zero-order chi connectivity index (χ0) is 15.4. The molecule has 21 heavy (non-hydrogen) atoms. The molecule has 2 aromatic rings. The van der Waals surface area contributed by atoms with Gasteiger partial charge in [-0.2, -0.15) is 0 Å². The van der Waals surface area contributed by atoms with Gasteiger partial charge < -0.3 is 10.1 Å². The van der Waals surface area contributed by atoms with Crippen LogP contribution in [0.25, 0.3) is 0 Å². The Kier molecular flexibility index (Phi) is 4.96. The van der Waals surface area contributed by atoms with Crippen LogP contribution in [0.1, 0.15) is 39.1 Å². The Balaban J connectivity index is 2.06. The third-order valence-corrected chi connectivity index (χ3v) is 4.19. The number of aryl methyl sites for hydroxylation is 3. The van der Waals surface area contributed by atoms with Gasteiger partial charge in [0.15, 0.2) is 0 Å². The second-order valence-corrected chi connectivity index (χ2v) is 5.85. The topological polar surface area (TPSA) is 51.2 Å². The number of carbonyl (C=O) groups excluding carboxylic acids is 1. The summed E-state index contributed by atoms with van der Waals surface area (Å²) in [4.78, 5) is 16.7. The smallest absolute Gasteiger partial charge is 0.251 e. The number of thiazole rings is 1. The largest absolute Gasteiger partial charge is 0.496 e. The van der Waals surface area contributed by atoms with Crippen molar-refractivity contribution in [1.29, 1.82) is 0 Å². The molecule has 1 aromatic carbocycles. The summed E-state index contributed by atoms with van der Waals surface area (Å²) in [6.07, 6.45) is 0.918. The van der Waals surface area contributed by atoms with E-state index in [1.807, 2.05) is 31.4 Å². The summed E-state index contributed by atoms with van der Waals surface area (Å²) in [5.74, 6) is 0.746. The minimum atomic E-state index is -0.0860. The normalized spacial score (nSPS) is 10.5. The van der Waals surface area contributed by atoms with Gasteiger partial charge in [-0.05, 0) is 43.5 Å². The molecule has 0 aliphatic rings. The van der Waals surface area contributed by atoms with Crippen LogP contribution in [0, 0.1) is 13.8 Å². The Hall–Kier alpha value is -1.88. The molecule has 0 bridgehead atoms. The van der Waals surface area contributed by atoms with E-state index in [0.29, 0.717) is 12.1 Å². The number of nitrogens with zero attached hydrogens (tertiary/aromatic N) is 1. The fourth-order valence-corrected chi connectivity index (χ4v) is 3.07. The summed E-state index contributed by atoms with van der Waals surface area (Å²) in [5, 5.41) is 5.88. The lowest BCUT2D eigenvalue weighted by molar-refractivity contribution is 0.0950. The van der Waals surface area contributed by atoms with Crippen LogP contribution in [0.4, 0.5) is 0 Å². The van der Waals surface area contributed by atoms with Crippen molar-refractivity contribution in [2.45, 2.75) is 33.7 Å². The number of hydrogen-bond acceptors (Lipinski definition) is 4. The molecule has 0 saturated carbocycles. The molecule has 2 rings (SSSR count). The maximum atomic E-state index is 12.2. The Morgan fingerprint density at radius 1 is 1.33 bits per heavy atom. The van der Waals surface area contributed by atoms with Crippen LogP contribution >= 0.6 is 11.3 Å². The van der Waals surface area contributed by atoms with Crippen LogP contribution in [0.15, 0.2) is 17.5 Å². The van der Waals surface area contributed by atoms with Gasteiger partial charge in [-0.25, -0.2) is 4.98 Å². The quantitative estimate of drug-likeness (QED) is 0.922. The molecule has 112 valence electrons. The predicted molar refractivity (Wildman–Crippen MR) is 85.1 cm³/mol.